The van der Waals surface area contributed by atoms with Gasteiger partial charge < -0.3 is 24.9 Å². The molecule has 0 bridgehead atoms. The Kier molecular flexibility index (Phi) is 15.4. The van der Waals surface area contributed by atoms with Crippen LogP contribution >= 0.6 is 35.8 Å². The Morgan fingerprint density at radius 1 is 0.769 bits per heavy atom. The second-order valence-corrected chi connectivity index (χ2v) is 14.6. The van der Waals surface area contributed by atoms with Gasteiger partial charge in [0.05, 0.1) is 0 Å². The van der Waals surface area contributed by atoms with Gasteiger partial charge in [-0.15, -0.1) is 12.4 Å². The number of aryl methyl sites for hydroxylation is 2. The molecule has 0 aromatic heterocycles. The Morgan fingerprint density at radius 3 is 1.88 bits per heavy atom. The van der Waals surface area contributed by atoms with E-state index in [1.54, 1.807) is 5.57 Å². The van der Waals surface area contributed by atoms with Crippen LogP contribution in [0.25, 0.3) is 5.57 Å². The molecule has 0 unspecified atom stereocenters. The summed E-state index contributed by atoms with van der Waals surface area (Å²) in [5, 5.41) is 16.4. The van der Waals surface area contributed by atoms with Gasteiger partial charge in [-0.05, 0) is 118 Å². The SMILES string of the molecule is CN(C)CCCN1c2ccccc2CCc2ccc(Cl)cc21.CN1CCC(=C2c3ccccc3Sc3ccccc32)CC1.Cl.O=C(O)C=CC(=O)O. The molecule has 3 aliphatic rings. The molecule has 0 atom stereocenters. The molecule has 0 radical (unpaired) electrons. The number of aliphatic carboxylic acids is 2. The standard InChI is InChI=1S/C19H23ClN2.C19H19NS.C4H4O4.ClH/c1-21(2)12-5-13-22-18-7-4-3-6-15(18)8-9-16-10-11-17(20)14-19(16)22;1-20-12-10-14(11-13-20)19-15-6-2-4-8-17(15)21-18-9-5-3-7-16(18)19;5-3(6)1-2-4(7)8;/h3-4,6-7,10-11,14H,5,8-9,12-13H2,1-2H3;2-9H,10-13H2,1H3;1-2H,(H,5,6)(H,7,8);1H. The van der Waals surface area contributed by atoms with Crippen LogP contribution in [0, 0.1) is 0 Å². The van der Waals surface area contributed by atoms with Crippen LogP contribution in [-0.4, -0.2) is 79.3 Å². The van der Waals surface area contributed by atoms with Crippen molar-refractivity contribution in [3.63, 3.8) is 0 Å². The Balaban J connectivity index is 0.000000191. The number of nitrogens with zero attached hydrogens (tertiary/aromatic N) is 3. The third kappa shape index (κ3) is 11.0. The molecular formula is C42H47Cl2N3O4S. The van der Waals surface area contributed by atoms with Gasteiger partial charge in [0.1, 0.15) is 0 Å². The van der Waals surface area contributed by atoms with E-state index >= 15 is 0 Å². The van der Waals surface area contributed by atoms with Gasteiger partial charge in [0.2, 0.25) is 0 Å². The normalized spacial score (nSPS) is 14.7. The highest BCUT2D eigenvalue weighted by molar-refractivity contribution is 7.99. The van der Waals surface area contributed by atoms with Gasteiger partial charge in [-0.2, -0.15) is 0 Å². The van der Waals surface area contributed by atoms with Gasteiger partial charge in [-0.25, -0.2) is 9.59 Å². The molecule has 3 aliphatic heterocycles. The summed E-state index contributed by atoms with van der Waals surface area (Å²) in [5.74, 6) is -2.51. The van der Waals surface area contributed by atoms with Gasteiger partial charge in [-0.3, -0.25) is 0 Å². The molecule has 7 nitrogen and oxygen atoms in total. The Morgan fingerprint density at radius 2 is 1.31 bits per heavy atom. The minimum Gasteiger partial charge on any atom is -0.478 e. The molecule has 52 heavy (non-hydrogen) atoms. The van der Waals surface area contributed by atoms with Crippen molar-refractivity contribution in [1.29, 1.82) is 0 Å². The smallest absolute Gasteiger partial charge is 0.328 e. The first kappa shape index (κ1) is 40.7. The summed E-state index contributed by atoms with van der Waals surface area (Å²) in [4.78, 5) is 29.0. The van der Waals surface area contributed by atoms with Crippen molar-refractivity contribution in [1.82, 2.24) is 9.80 Å². The summed E-state index contributed by atoms with van der Waals surface area (Å²) in [6, 6.07) is 32.8. The number of fused-ring (bicyclic) bond motifs is 4. The van der Waals surface area contributed by atoms with E-state index in [4.69, 9.17) is 21.8 Å². The molecule has 10 heteroatoms. The number of carbonyl (C=O) groups is 2. The van der Waals surface area contributed by atoms with Gasteiger partial charge in [0, 0.05) is 58.0 Å². The lowest BCUT2D eigenvalue weighted by Crippen LogP contribution is -2.27. The maximum absolute atomic E-state index is 9.55. The fourth-order valence-electron chi connectivity index (χ4n) is 6.62. The Hall–Kier alpha value is -4.05. The lowest BCUT2D eigenvalue weighted by atomic mass is 9.88. The monoisotopic (exact) mass is 759 g/mol. The quantitative estimate of drug-likeness (QED) is 0.166. The van der Waals surface area contributed by atoms with E-state index in [0.29, 0.717) is 12.2 Å². The molecule has 1 fully saturated rings. The van der Waals surface area contributed by atoms with Crippen LogP contribution in [0.3, 0.4) is 0 Å². The number of rotatable bonds is 6. The number of halogens is 2. The second-order valence-electron chi connectivity index (χ2n) is 13.1. The number of hydrogen-bond acceptors (Lipinski definition) is 6. The highest BCUT2D eigenvalue weighted by Crippen LogP contribution is 2.47. The van der Waals surface area contributed by atoms with Crippen LogP contribution in [-0.2, 0) is 22.4 Å². The molecule has 0 amide bonds. The summed E-state index contributed by atoms with van der Waals surface area (Å²) < 4.78 is 0. The number of para-hydroxylation sites is 1. The van der Waals surface area contributed by atoms with Crippen LogP contribution < -0.4 is 4.90 Å². The van der Waals surface area contributed by atoms with E-state index in [0.717, 1.165) is 37.4 Å². The molecule has 0 spiro atoms. The molecular weight excluding hydrogens is 713 g/mol. The third-order valence-electron chi connectivity index (χ3n) is 9.12. The summed E-state index contributed by atoms with van der Waals surface area (Å²) >= 11 is 8.18. The topological polar surface area (TPSA) is 84.3 Å². The molecule has 0 saturated carbocycles. The maximum atomic E-state index is 9.55. The average molecular weight is 761 g/mol. The molecule has 0 aliphatic carbocycles. The van der Waals surface area contributed by atoms with E-state index in [2.05, 4.69) is 121 Å². The van der Waals surface area contributed by atoms with E-state index in [1.165, 1.54) is 74.9 Å². The number of anilines is 2. The highest BCUT2D eigenvalue weighted by atomic mass is 35.5. The van der Waals surface area contributed by atoms with Crippen LogP contribution in [0.1, 0.15) is 41.5 Å². The fraction of sp³-hybridized carbons (Fsp3) is 0.286. The van der Waals surface area contributed by atoms with Crippen molar-refractivity contribution >= 4 is 64.7 Å². The first-order chi connectivity index (χ1) is 24.6. The van der Waals surface area contributed by atoms with Crippen LogP contribution in [0.4, 0.5) is 11.4 Å². The van der Waals surface area contributed by atoms with E-state index in [1.807, 2.05) is 17.8 Å². The van der Waals surface area contributed by atoms with Crippen LogP contribution in [0.2, 0.25) is 5.02 Å². The zero-order valence-corrected chi connectivity index (χ0v) is 32.3. The Bertz CT molecular complexity index is 1840. The number of benzene rings is 4. The summed E-state index contributed by atoms with van der Waals surface area (Å²) in [5.41, 5.74) is 11.4. The number of piperidine rings is 1. The van der Waals surface area contributed by atoms with Crippen LogP contribution in [0.5, 0.6) is 0 Å². The predicted molar refractivity (Wildman–Crippen MR) is 217 cm³/mol. The number of carboxylic acid groups (broad SMARTS) is 2. The summed E-state index contributed by atoms with van der Waals surface area (Å²) in [6.45, 7) is 4.46. The lowest BCUT2D eigenvalue weighted by Gasteiger charge is -2.30. The van der Waals surface area contributed by atoms with Crippen molar-refractivity contribution in [2.45, 2.75) is 41.9 Å². The predicted octanol–water partition coefficient (Wildman–Crippen LogP) is 9.34. The minimum atomic E-state index is -1.26. The second kappa shape index (κ2) is 19.7. The lowest BCUT2D eigenvalue weighted by molar-refractivity contribution is -0.134. The Labute approximate surface area is 323 Å². The maximum Gasteiger partial charge on any atom is 0.328 e. The van der Waals surface area contributed by atoms with Crippen molar-refractivity contribution in [3.8, 4) is 0 Å². The van der Waals surface area contributed by atoms with Gasteiger partial charge in [-0.1, -0.05) is 89.6 Å². The minimum absolute atomic E-state index is 0. The van der Waals surface area contributed by atoms with Crippen molar-refractivity contribution in [2.75, 3.05) is 52.2 Å². The van der Waals surface area contributed by atoms with E-state index < -0.39 is 11.9 Å². The largest absolute Gasteiger partial charge is 0.478 e. The van der Waals surface area contributed by atoms with E-state index in [-0.39, 0.29) is 12.4 Å². The molecule has 3 heterocycles. The summed E-state index contributed by atoms with van der Waals surface area (Å²) in [6.07, 6.45) is 6.80. The molecule has 2 N–H and O–H groups in total. The first-order valence-electron chi connectivity index (χ1n) is 17.3. The average Bonchev–Trinajstić information content (AvgIpc) is 3.27. The zero-order valence-electron chi connectivity index (χ0n) is 29.9. The van der Waals surface area contributed by atoms with Gasteiger partial charge in [0.15, 0.2) is 0 Å². The van der Waals surface area contributed by atoms with Crippen molar-refractivity contribution < 1.29 is 19.8 Å². The molecule has 274 valence electrons. The first-order valence-corrected chi connectivity index (χ1v) is 18.5. The molecule has 7 rings (SSSR count). The fourth-order valence-corrected chi connectivity index (χ4v) is 7.88. The third-order valence-corrected chi connectivity index (χ3v) is 10.5. The van der Waals surface area contributed by atoms with Gasteiger partial charge >= 0.3 is 11.9 Å². The van der Waals surface area contributed by atoms with Crippen molar-refractivity contribution in [2.24, 2.45) is 0 Å². The van der Waals surface area contributed by atoms with E-state index in [9.17, 15) is 9.59 Å². The highest BCUT2D eigenvalue weighted by Gasteiger charge is 2.25. The van der Waals surface area contributed by atoms with Crippen molar-refractivity contribution in [3.05, 3.63) is 136 Å². The number of hydrogen-bond donors (Lipinski definition) is 2. The summed E-state index contributed by atoms with van der Waals surface area (Å²) in [7, 11) is 6.47. The van der Waals surface area contributed by atoms with Gasteiger partial charge in [0.25, 0.3) is 0 Å². The molecule has 4 aromatic rings. The zero-order chi connectivity index (χ0) is 36.3. The number of likely N-dealkylation sites (tertiary alicyclic amines) is 1. The van der Waals surface area contributed by atoms with Crippen LogP contribution in [0.15, 0.2) is 119 Å². The molecule has 4 aromatic carbocycles. The number of carboxylic acids is 2. The molecule has 1 saturated heterocycles.